The van der Waals surface area contributed by atoms with E-state index in [2.05, 4.69) is 19.9 Å². The van der Waals surface area contributed by atoms with Crippen LogP contribution in [0.2, 0.25) is 0 Å². The smallest absolute Gasteiger partial charge is 0.244 e. The van der Waals surface area contributed by atoms with Gasteiger partial charge in [-0.25, -0.2) is 18.4 Å². The van der Waals surface area contributed by atoms with Gasteiger partial charge in [0.2, 0.25) is 10.0 Å². The number of piperazine rings is 1. The molecule has 0 bridgehead atoms. The summed E-state index contributed by atoms with van der Waals surface area (Å²) in [4.78, 5) is 15.0. The van der Waals surface area contributed by atoms with Gasteiger partial charge < -0.3 is 9.64 Å². The van der Waals surface area contributed by atoms with Gasteiger partial charge in [-0.15, -0.1) is 0 Å². The second kappa shape index (κ2) is 8.76. The summed E-state index contributed by atoms with van der Waals surface area (Å²) < 4.78 is 32.5. The summed E-state index contributed by atoms with van der Waals surface area (Å²) in [6.45, 7) is 4.46. The Bertz CT molecular complexity index is 1080. The second-order valence-electron chi connectivity index (χ2n) is 6.80. The molecule has 1 saturated heterocycles. The molecule has 0 aliphatic carbocycles. The monoisotopic (exact) mass is 425 g/mol. The van der Waals surface area contributed by atoms with Crippen LogP contribution in [0.1, 0.15) is 6.92 Å². The predicted octanol–water partition coefficient (Wildman–Crippen LogP) is 2.45. The van der Waals surface area contributed by atoms with Gasteiger partial charge in [-0.2, -0.15) is 4.31 Å². The fraction of sp³-hybridized carbons (Fsp3) is 0.286. The fourth-order valence-corrected chi connectivity index (χ4v) is 4.76. The summed E-state index contributed by atoms with van der Waals surface area (Å²) in [6, 6.07) is 12.9. The molecule has 0 N–H and O–H groups in total. The van der Waals surface area contributed by atoms with Gasteiger partial charge in [0.05, 0.1) is 12.3 Å². The van der Waals surface area contributed by atoms with Gasteiger partial charge in [0, 0.05) is 50.2 Å². The third kappa shape index (κ3) is 4.27. The number of hydrogen-bond acceptors (Lipinski definition) is 7. The molecule has 0 amide bonds. The number of aromatic nitrogens is 3. The van der Waals surface area contributed by atoms with Crippen LogP contribution in [0.15, 0.2) is 66.1 Å². The predicted molar refractivity (Wildman–Crippen MR) is 114 cm³/mol. The van der Waals surface area contributed by atoms with Crippen LogP contribution in [0.3, 0.4) is 0 Å². The molecule has 2 aromatic heterocycles. The van der Waals surface area contributed by atoms with E-state index in [0.717, 1.165) is 22.8 Å². The van der Waals surface area contributed by atoms with Gasteiger partial charge in [0.15, 0.2) is 0 Å². The van der Waals surface area contributed by atoms with Crippen molar-refractivity contribution in [2.24, 2.45) is 0 Å². The van der Waals surface area contributed by atoms with E-state index in [-0.39, 0.29) is 4.90 Å². The Balaban J connectivity index is 1.46. The van der Waals surface area contributed by atoms with Crippen molar-refractivity contribution in [3.05, 3.63) is 61.2 Å². The molecule has 9 heteroatoms. The average Bonchev–Trinajstić information content (AvgIpc) is 2.80. The normalized spacial score (nSPS) is 15.2. The van der Waals surface area contributed by atoms with Crippen molar-refractivity contribution in [3.63, 3.8) is 0 Å². The van der Waals surface area contributed by atoms with Crippen molar-refractivity contribution < 1.29 is 13.2 Å². The summed E-state index contributed by atoms with van der Waals surface area (Å²) in [5, 5.41) is 0. The molecular weight excluding hydrogens is 402 g/mol. The number of benzene rings is 1. The number of sulfonamides is 1. The van der Waals surface area contributed by atoms with E-state index in [0.29, 0.717) is 32.8 Å². The van der Waals surface area contributed by atoms with Crippen LogP contribution < -0.4 is 9.64 Å². The van der Waals surface area contributed by atoms with E-state index in [1.165, 1.54) is 10.5 Å². The van der Waals surface area contributed by atoms with E-state index in [9.17, 15) is 8.42 Å². The second-order valence-corrected chi connectivity index (χ2v) is 8.74. The molecule has 0 unspecified atom stereocenters. The highest BCUT2D eigenvalue weighted by Gasteiger charge is 2.29. The average molecular weight is 426 g/mol. The van der Waals surface area contributed by atoms with Crippen molar-refractivity contribution in [2.45, 2.75) is 11.8 Å². The largest absolute Gasteiger partial charge is 0.494 e. The summed E-state index contributed by atoms with van der Waals surface area (Å²) in [5.41, 5.74) is 1.79. The quantitative estimate of drug-likeness (QED) is 0.599. The maximum absolute atomic E-state index is 12.8. The molecule has 0 atom stereocenters. The number of hydrogen-bond donors (Lipinski definition) is 0. The van der Waals surface area contributed by atoms with Crippen LogP contribution in [0, 0.1) is 0 Å². The Morgan fingerprint density at radius 2 is 1.80 bits per heavy atom. The maximum Gasteiger partial charge on any atom is 0.244 e. The van der Waals surface area contributed by atoms with Crippen LogP contribution in [-0.4, -0.2) is 60.5 Å². The topological polar surface area (TPSA) is 88.5 Å². The van der Waals surface area contributed by atoms with Crippen LogP contribution in [0.5, 0.6) is 5.75 Å². The van der Waals surface area contributed by atoms with E-state index >= 15 is 0 Å². The van der Waals surface area contributed by atoms with E-state index in [1.54, 1.807) is 24.7 Å². The minimum absolute atomic E-state index is 0.221. The Morgan fingerprint density at radius 1 is 1.03 bits per heavy atom. The SMILES string of the molecule is CCOc1ccc(-c2cc(N3CCN(S(=O)(=O)c4cccnc4)CC3)ncn2)cc1. The first-order chi connectivity index (χ1) is 14.6. The van der Waals surface area contributed by atoms with Crippen molar-refractivity contribution in [1.29, 1.82) is 0 Å². The maximum atomic E-state index is 12.8. The van der Waals surface area contributed by atoms with E-state index in [4.69, 9.17) is 4.74 Å². The summed E-state index contributed by atoms with van der Waals surface area (Å²) >= 11 is 0. The zero-order chi connectivity index (χ0) is 21.0. The molecule has 0 spiro atoms. The number of anilines is 1. The Labute approximate surface area is 176 Å². The Hall–Kier alpha value is -3.04. The Kier molecular flexibility index (Phi) is 5.91. The number of nitrogens with zero attached hydrogens (tertiary/aromatic N) is 5. The van der Waals surface area contributed by atoms with Crippen LogP contribution in [0.4, 0.5) is 5.82 Å². The van der Waals surface area contributed by atoms with Crippen LogP contribution >= 0.6 is 0 Å². The van der Waals surface area contributed by atoms with Crippen molar-refractivity contribution >= 4 is 15.8 Å². The first kappa shape index (κ1) is 20.2. The van der Waals surface area contributed by atoms with Gasteiger partial charge in [0.1, 0.15) is 22.8 Å². The summed E-state index contributed by atoms with van der Waals surface area (Å²) in [7, 11) is -3.53. The van der Waals surface area contributed by atoms with Crippen LogP contribution in [-0.2, 0) is 10.0 Å². The lowest BCUT2D eigenvalue weighted by Gasteiger charge is -2.34. The van der Waals surface area contributed by atoms with Gasteiger partial charge in [-0.05, 0) is 43.3 Å². The number of rotatable bonds is 6. The molecule has 1 aliphatic heterocycles. The highest BCUT2D eigenvalue weighted by atomic mass is 32.2. The lowest BCUT2D eigenvalue weighted by Crippen LogP contribution is -2.48. The third-order valence-electron chi connectivity index (χ3n) is 4.95. The molecule has 0 radical (unpaired) electrons. The lowest BCUT2D eigenvalue weighted by molar-refractivity contribution is 0.340. The van der Waals surface area contributed by atoms with Gasteiger partial charge in [-0.3, -0.25) is 4.98 Å². The minimum Gasteiger partial charge on any atom is -0.494 e. The van der Waals surface area contributed by atoms with Gasteiger partial charge in [-0.1, -0.05) is 0 Å². The van der Waals surface area contributed by atoms with Gasteiger partial charge in [0.25, 0.3) is 0 Å². The molecule has 8 nitrogen and oxygen atoms in total. The van der Waals surface area contributed by atoms with Gasteiger partial charge >= 0.3 is 0 Å². The molecule has 1 fully saturated rings. The minimum atomic E-state index is -3.53. The summed E-state index contributed by atoms with van der Waals surface area (Å²) in [6.07, 6.45) is 4.49. The summed E-state index contributed by atoms with van der Waals surface area (Å²) in [5.74, 6) is 1.61. The Morgan fingerprint density at radius 3 is 2.47 bits per heavy atom. The number of pyridine rings is 1. The molecule has 30 heavy (non-hydrogen) atoms. The van der Waals surface area contributed by atoms with Crippen molar-refractivity contribution in [3.8, 4) is 17.0 Å². The van der Waals surface area contributed by atoms with Crippen LogP contribution in [0.25, 0.3) is 11.3 Å². The van der Waals surface area contributed by atoms with Crippen molar-refractivity contribution in [2.75, 3.05) is 37.7 Å². The highest BCUT2D eigenvalue weighted by Crippen LogP contribution is 2.25. The molecule has 3 heterocycles. The molecular formula is C21H23N5O3S. The zero-order valence-electron chi connectivity index (χ0n) is 16.7. The molecule has 1 aromatic carbocycles. The van der Waals surface area contributed by atoms with E-state index < -0.39 is 10.0 Å². The molecule has 4 rings (SSSR count). The number of ether oxygens (including phenoxy) is 1. The molecule has 3 aromatic rings. The fourth-order valence-electron chi connectivity index (χ4n) is 3.37. The molecule has 0 saturated carbocycles. The standard InChI is InChI=1S/C21H23N5O3S/c1-2-29-18-7-5-17(6-8-18)20-14-21(24-16-23-20)25-10-12-26(13-11-25)30(27,28)19-4-3-9-22-15-19/h3-9,14-16H,2,10-13H2,1H3. The first-order valence-corrected chi connectivity index (χ1v) is 11.2. The molecule has 1 aliphatic rings. The zero-order valence-corrected chi connectivity index (χ0v) is 17.5. The third-order valence-corrected chi connectivity index (χ3v) is 6.83. The lowest BCUT2D eigenvalue weighted by atomic mass is 10.1. The molecule has 156 valence electrons. The first-order valence-electron chi connectivity index (χ1n) is 9.78. The van der Waals surface area contributed by atoms with Crippen molar-refractivity contribution in [1.82, 2.24) is 19.3 Å². The van der Waals surface area contributed by atoms with E-state index in [1.807, 2.05) is 37.3 Å². The highest BCUT2D eigenvalue weighted by molar-refractivity contribution is 7.89.